The third-order valence-corrected chi connectivity index (χ3v) is 3.77. The van der Waals surface area contributed by atoms with E-state index in [0.29, 0.717) is 0 Å². The smallest absolute Gasteiger partial charge is 0.390 e. The van der Waals surface area contributed by atoms with Gasteiger partial charge in [-0.1, -0.05) is 0 Å². The molecule has 0 aliphatic carbocycles. The summed E-state index contributed by atoms with van der Waals surface area (Å²) < 4.78 is 17.4. The molecule has 0 unspecified atom stereocenters. The number of ether oxygens (including phenoxy) is 1. The summed E-state index contributed by atoms with van der Waals surface area (Å²) in [5.41, 5.74) is 4.27. The molecule has 2 rings (SSSR count). The maximum absolute atomic E-state index is 11.7. The van der Waals surface area contributed by atoms with Crippen molar-refractivity contribution in [2.45, 2.75) is 18.6 Å². The lowest BCUT2D eigenvalue weighted by Gasteiger charge is -2.31. The molecule has 9 nitrogen and oxygen atoms in total. The Hall–Kier alpha value is -1.67. The first kappa shape index (κ1) is 14.7. The van der Waals surface area contributed by atoms with E-state index in [1.165, 1.54) is 22.9 Å². The van der Waals surface area contributed by atoms with Gasteiger partial charge in [0.25, 0.3) is 0 Å². The van der Waals surface area contributed by atoms with Gasteiger partial charge in [-0.2, -0.15) is 4.98 Å². The van der Waals surface area contributed by atoms with Crippen molar-refractivity contribution in [2.75, 3.05) is 12.3 Å². The van der Waals surface area contributed by atoms with Gasteiger partial charge in [0, 0.05) is 6.20 Å². The summed E-state index contributed by atoms with van der Waals surface area (Å²) in [6.07, 6.45) is 1.78. The van der Waals surface area contributed by atoms with Crippen molar-refractivity contribution >= 4 is 13.4 Å². The van der Waals surface area contributed by atoms with Gasteiger partial charge in [-0.25, -0.2) is 4.79 Å². The van der Waals surface area contributed by atoms with Crippen LogP contribution in [0, 0.1) is 0 Å². The minimum absolute atomic E-state index is 0.0648. The number of nitrogen functional groups attached to an aromatic ring is 1. The quantitative estimate of drug-likeness (QED) is 0.529. The van der Waals surface area contributed by atoms with E-state index >= 15 is 0 Å². The first-order valence-corrected chi connectivity index (χ1v) is 7.32. The third kappa shape index (κ3) is 2.91. The van der Waals surface area contributed by atoms with Crippen molar-refractivity contribution in [3.8, 4) is 0 Å². The summed E-state index contributed by atoms with van der Waals surface area (Å²) in [6.45, 7) is -0.501. The second kappa shape index (κ2) is 5.37. The maximum Gasteiger partial charge on any atom is 0.390 e. The fraction of sp³-hybridized carbons (Fsp3) is 0.400. The second-order valence-electron chi connectivity index (χ2n) is 4.27. The van der Waals surface area contributed by atoms with Gasteiger partial charge in [-0.05, 0) is 18.6 Å². The molecular weight excluding hydrogens is 289 g/mol. The lowest BCUT2D eigenvalue weighted by molar-refractivity contribution is 0.0152. The van der Waals surface area contributed by atoms with Crippen molar-refractivity contribution in [2.24, 2.45) is 0 Å². The van der Waals surface area contributed by atoms with Crippen LogP contribution in [0.1, 0.15) is 12.5 Å². The van der Waals surface area contributed by atoms with Crippen LogP contribution in [0.15, 0.2) is 28.6 Å². The largest absolute Gasteiger partial charge is 0.478 e. The molecule has 10 heteroatoms. The molecule has 110 valence electrons. The van der Waals surface area contributed by atoms with Crippen LogP contribution in [0.25, 0.3) is 0 Å². The van der Waals surface area contributed by atoms with E-state index in [-0.39, 0.29) is 12.2 Å². The van der Waals surface area contributed by atoms with Crippen LogP contribution in [0.4, 0.5) is 5.82 Å². The summed E-state index contributed by atoms with van der Waals surface area (Å²) in [4.78, 5) is 33.4. The molecule has 1 aromatic rings. The minimum Gasteiger partial charge on any atom is -0.478 e. The van der Waals surface area contributed by atoms with Gasteiger partial charge in [-0.15, -0.1) is 0 Å². The zero-order chi connectivity index (χ0) is 14.9. The number of aliphatic hydroxyl groups excluding tert-OH is 1. The van der Waals surface area contributed by atoms with Crippen LogP contribution in [0.2, 0.25) is 0 Å². The van der Waals surface area contributed by atoms with Crippen LogP contribution in [0.3, 0.4) is 0 Å². The Morgan fingerprint density at radius 3 is 2.80 bits per heavy atom. The monoisotopic (exact) mass is 303 g/mol. The van der Waals surface area contributed by atoms with Crippen LogP contribution in [-0.4, -0.2) is 37.2 Å². The molecular formula is C10H14N3O6P. The molecule has 0 bridgehead atoms. The first-order chi connectivity index (χ1) is 9.32. The third-order valence-electron chi connectivity index (χ3n) is 2.91. The standard InChI is InChI=1S/C10H14N3O6P/c11-8-3-4-13(10(15)12-8)6-1-2-9(20(16,17)18)19-7(6)5-14/h2-4,6-7,14H,1,5H2,(H2,11,12,15)(H2,16,17,18)/t6-,7-/m1/s1. The second-order valence-corrected chi connectivity index (χ2v) is 5.80. The van der Waals surface area contributed by atoms with Gasteiger partial charge in [0.15, 0.2) is 0 Å². The first-order valence-electron chi connectivity index (χ1n) is 5.71. The predicted octanol–water partition coefficient (Wildman–Crippen LogP) is -0.833. The van der Waals surface area contributed by atoms with Gasteiger partial charge >= 0.3 is 13.3 Å². The van der Waals surface area contributed by atoms with Crippen LogP contribution in [-0.2, 0) is 9.30 Å². The molecule has 0 spiro atoms. The maximum atomic E-state index is 11.7. The molecule has 1 aliphatic heterocycles. The average molecular weight is 303 g/mol. The van der Waals surface area contributed by atoms with E-state index in [9.17, 15) is 14.5 Å². The summed E-state index contributed by atoms with van der Waals surface area (Å²) in [7, 11) is -4.52. The number of hydrogen-bond donors (Lipinski definition) is 4. The SMILES string of the molecule is Nc1ccn([C@@H]2CC=C(P(=O)(O)O)O[C@@H]2CO)c(=O)n1. The zero-order valence-electron chi connectivity index (χ0n) is 10.3. The molecule has 0 saturated heterocycles. The van der Waals surface area contributed by atoms with Crippen molar-refractivity contribution in [3.63, 3.8) is 0 Å². The van der Waals surface area contributed by atoms with E-state index in [0.717, 1.165) is 0 Å². The Labute approximate surface area is 113 Å². The van der Waals surface area contributed by atoms with Crippen molar-refractivity contribution in [1.29, 1.82) is 0 Å². The number of hydrogen-bond acceptors (Lipinski definition) is 6. The van der Waals surface area contributed by atoms with Gasteiger partial charge in [0.2, 0.25) is 5.50 Å². The van der Waals surface area contributed by atoms with E-state index in [2.05, 4.69) is 4.98 Å². The van der Waals surface area contributed by atoms with Gasteiger partial charge in [-0.3, -0.25) is 9.13 Å². The van der Waals surface area contributed by atoms with E-state index in [1.807, 2.05) is 0 Å². The van der Waals surface area contributed by atoms with Crippen molar-refractivity contribution in [3.05, 3.63) is 34.3 Å². The molecule has 20 heavy (non-hydrogen) atoms. The van der Waals surface area contributed by atoms with Gasteiger partial charge < -0.3 is 25.4 Å². The zero-order valence-corrected chi connectivity index (χ0v) is 11.2. The lowest BCUT2D eigenvalue weighted by atomic mass is 10.1. The molecule has 1 aromatic heterocycles. The van der Waals surface area contributed by atoms with Crippen molar-refractivity contribution in [1.82, 2.24) is 9.55 Å². The lowest BCUT2D eigenvalue weighted by Crippen LogP contribution is -2.38. The number of aromatic nitrogens is 2. The minimum atomic E-state index is -4.52. The van der Waals surface area contributed by atoms with Gasteiger partial charge in [0.05, 0.1) is 12.6 Å². The normalized spacial score (nSPS) is 23.1. The molecule has 2 heterocycles. The highest BCUT2D eigenvalue weighted by molar-refractivity contribution is 7.56. The molecule has 0 saturated carbocycles. The summed E-state index contributed by atoms with van der Waals surface area (Å²) in [5, 5.41) is 9.29. The molecule has 0 aromatic carbocycles. The number of nitrogens with zero attached hydrogens (tertiary/aromatic N) is 2. The molecule has 0 amide bonds. The summed E-state index contributed by atoms with van der Waals surface area (Å²) >= 11 is 0. The molecule has 1 aliphatic rings. The number of allylic oxidation sites excluding steroid dienone is 1. The Morgan fingerprint density at radius 1 is 1.55 bits per heavy atom. The van der Waals surface area contributed by atoms with E-state index in [1.54, 1.807) is 0 Å². The Kier molecular flexibility index (Phi) is 3.96. The highest BCUT2D eigenvalue weighted by Gasteiger charge is 2.35. The fourth-order valence-electron chi connectivity index (χ4n) is 1.97. The number of nitrogens with two attached hydrogens (primary N) is 1. The summed E-state index contributed by atoms with van der Waals surface area (Å²) in [6, 6.07) is 0.800. The Morgan fingerprint density at radius 2 is 2.25 bits per heavy atom. The van der Waals surface area contributed by atoms with E-state index < -0.39 is 37.5 Å². The number of anilines is 1. The Balaban J connectivity index is 2.36. The molecule has 0 radical (unpaired) electrons. The van der Waals surface area contributed by atoms with Crippen LogP contribution >= 0.6 is 7.60 Å². The van der Waals surface area contributed by atoms with Crippen LogP contribution < -0.4 is 11.4 Å². The van der Waals surface area contributed by atoms with Crippen LogP contribution in [0.5, 0.6) is 0 Å². The predicted molar refractivity (Wildman–Crippen MR) is 68.6 cm³/mol. The van der Waals surface area contributed by atoms with E-state index in [4.69, 9.17) is 20.3 Å². The summed E-state index contributed by atoms with van der Waals surface area (Å²) in [5.74, 6) is 0.0648. The topological polar surface area (TPSA) is 148 Å². The molecule has 0 fully saturated rings. The average Bonchev–Trinajstić information content (AvgIpc) is 2.37. The number of rotatable bonds is 3. The highest BCUT2D eigenvalue weighted by atomic mass is 31.2. The molecule has 5 N–H and O–H groups in total. The molecule has 2 atom stereocenters. The Bertz CT molecular complexity index is 636. The highest BCUT2D eigenvalue weighted by Crippen LogP contribution is 2.49. The van der Waals surface area contributed by atoms with Crippen molar-refractivity contribution < 1.29 is 24.2 Å². The number of aliphatic hydroxyl groups is 1. The fourth-order valence-corrected chi connectivity index (χ4v) is 2.59. The van der Waals surface area contributed by atoms with Gasteiger partial charge in [0.1, 0.15) is 11.9 Å².